The van der Waals surface area contributed by atoms with Gasteiger partial charge in [-0.3, -0.25) is 4.79 Å². The summed E-state index contributed by atoms with van der Waals surface area (Å²) in [5.74, 6) is -0.225. The van der Waals surface area contributed by atoms with Gasteiger partial charge in [0.1, 0.15) is 5.82 Å². The number of rotatable bonds is 6. The molecule has 0 aliphatic carbocycles. The van der Waals surface area contributed by atoms with E-state index < -0.39 is 0 Å². The van der Waals surface area contributed by atoms with Gasteiger partial charge in [-0.05, 0) is 79.1 Å². The first-order chi connectivity index (χ1) is 15.5. The Hall–Kier alpha value is -2.76. The van der Waals surface area contributed by atoms with E-state index in [-0.39, 0.29) is 11.7 Å². The quantitative estimate of drug-likeness (QED) is 0.514. The minimum absolute atomic E-state index is 0.0192. The lowest BCUT2D eigenvalue weighted by atomic mass is 9.92. The molecule has 1 saturated heterocycles. The van der Waals surface area contributed by atoms with Gasteiger partial charge in [-0.1, -0.05) is 35.4 Å². The standard InChI is InChI=1S/C27H29FN2OS/c1-19-3-5-23(6-4-19)27(31)29-13-16-30-14-11-22(12-15-30)26(25-17-20(2)18-32-25)21-7-9-24(28)10-8-21/h3-10,17-18H,11-16H2,1-2H3,(H,29,31). The summed E-state index contributed by atoms with van der Waals surface area (Å²) in [5.41, 5.74) is 6.88. The largest absolute Gasteiger partial charge is 0.351 e. The van der Waals surface area contributed by atoms with Crippen LogP contribution in [0.1, 0.15) is 44.8 Å². The molecule has 5 heteroatoms. The molecule has 0 saturated carbocycles. The molecule has 1 aliphatic heterocycles. The number of carbonyl (C=O) groups excluding carboxylic acids is 1. The van der Waals surface area contributed by atoms with Crippen LogP contribution in [0.2, 0.25) is 0 Å². The minimum atomic E-state index is -0.206. The zero-order chi connectivity index (χ0) is 22.5. The lowest BCUT2D eigenvalue weighted by Crippen LogP contribution is -2.38. The van der Waals surface area contributed by atoms with Crippen LogP contribution in [0.25, 0.3) is 5.57 Å². The van der Waals surface area contributed by atoms with Crippen molar-refractivity contribution in [3.63, 3.8) is 0 Å². The molecule has 4 rings (SSSR count). The molecule has 0 atom stereocenters. The zero-order valence-electron chi connectivity index (χ0n) is 18.7. The number of halogens is 1. The number of nitrogens with zero attached hydrogens (tertiary/aromatic N) is 1. The molecule has 0 radical (unpaired) electrons. The highest BCUT2D eigenvalue weighted by atomic mass is 32.1. The third-order valence-electron chi connectivity index (χ3n) is 5.95. The molecule has 1 aliphatic rings. The summed E-state index contributed by atoms with van der Waals surface area (Å²) < 4.78 is 13.5. The second kappa shape index (κ2) is 10.2. The van der Waals surface area contributed by atoms with Crippen molar-refractivity contribution >= 4 is 22.8 Å². The van der Waals surface area contributed by atoms with Crippen LogP contribution in [0.3, 0.4) is 0 Å². The van der Waals surface area contributed by atoms with E-state index in [4.69, 9.17) is 0 Å². The molecule has 1 N–H and O–H groups in total. The minimum Gasteiger partial charge on any atom is -0.351 e. The van der Waals surface area contributed by atoms with Crippen LogP contribution < -0.4 is 5.32 Å². The highest BCUT2D eigenvalue weighted by molar-refractivity contribution is 7.11. The first-order valence-corrected chi connectivity index (χ1v) is 12.0. The molecular formula is C27H29FN2OS. The molecule has 0 unspecified atom stereocenters. The molecule has 0 bridgehead atoms. The van der Waals surface area contributed by atoms with E-state index in [1.165, 1.54) is 21.6 Å². The normalized spacial score (nSPS) is 14.4. The first kappa shape index (κ1) is 22.4. The van der Waals surface area contributed by atoms with E-state index in [1.54, 1.807) is 23.5 Å². The van der Waals surface area contributed by atoms with Crippen molar-refractivity contribution in [2.45, 2.75) is 26.7 Å². The van der Waals surface area contributed by atoms with Crippen molar-refractivity contribution in [2.75, 3.05) is 26.2 Å². The molecule has 2 heterocycles. The highest BCUT2D eigenvalue weighted by Gasteiger charge is 2.20. The molecule has 0 spiro atoms. The van der Waals surface area contributed by atoms with E-state index in [1.807, 2.05) is 43.3 Å². The number of carbonyl (C=O) groups is 1. The van der Waals surface area contributed by atoms with Crippen LogP contribution in [0.5, 0.6) is 0 Å². The zero-order valence-corrected chi connectivity index (χ0v) is 19.5. The van der Waals surface area contributed by atoms with Crippen LogP contribution in [-0.4, -0.2) is 37.0 Å². The topological polar surface area (TPSA) is 32.3 Å². The number of aryl methyl sites for hydroxylation is 2. The second-order valence-electron chi connectivity index (χ2n) is 8.44. The maximum atomic E-state index is 13.5. The number of likely N-dealkylation sites (tertiary alicyclic amines) is 1. The van der Waals surface area contributed by atoms with Gasteiger partial charge in [0.25, 0.3) is 5.91 Å². The SMILES string of the molecule is Cc1ccc(C(=O)NCCN2CCC(=C(c3ccc(F)cc3)c3cc(C)cs3)CC2)cc1. The van der Waals surface area contributed by atoms with Gasteiger partial charge in [0.15, 0.2) is 0 Å². The Kier molecular flexibility index (Phi) is 7.18. The van der Waals surface area contributed by atoms with Gasteiger partial charge in [0, 0.05) is 36.6 Å². The van der Waals surface area contributed by atoms with Crippen molar-refractivity contribution in [2.24, 2.45) is 0 Å². The fourth-order valence-electron chi connectivity index (χ4n) is 4.13. The predicted molar refractivity (Wildman–Crippen MR) is 131 cm³/mol. The number of thiophene rings is 1. The summed E-state index contributed by atoms with van der Waals surface area (Å²) in [5, 5.41) is 5.20. The van der Waals surface area contributed by atoms with Crippen molar-refractivity contribution in [3.8, 4) is 0 Å². The molecule has 3 nitrogen and oxygen atoms in total. The fraction of sp³-hybridized carbons (Fsp3) is 0.296. The number of piperidine rings is 1. The average molecular weight is 449 g/mol. The van der Waals surface area contributed by atoms with Gasteiger partial charge >= 0.3 is 0 Å². The Morgan fingerprint density at radius 3 is 2.25 bits per heavy atom. The molecule has 2 aromatic carbocycles. The van der Waals surface area contributed by atoms with Crippen LogP contribution in [-0.2, 0) is 0 Å². The molecule has 1 amide bonds. The molecule has 166 valence electrons. The Morgan fingerprint density at radius 2 is 1.62 bits per heavy atom. The van der Waals surface area contributed by atoms with Crippen LogP contribution in [0.15, 0.2) is 65.6 Å². The Bertz CT molecular complexity index is 1090. The monoisotopic (exact) mass is 448 g/mol. The second-order valence-corrected chi connectivity index (χ2v) is 9.35. The molecule has 3 aromatic rings. The van der Waals surface area contributed by atoms with Crippen molar-refractivity contribution in [1.82, 2.24) is 10.2 Å². The number of hydrogen-bond acceptors (Lipinski definition) is 3. The third kappa shape index (κ3) is 5.53. The van der Waals surface area contributed by atoms with Crippen LogP contribution in [0.4, 0.5) is 4.39 Å². The van der Waals surface area contributed by atoms with Crippen molar-refractivity contribution in [3.05, 3.63) is 98.5 Å². The summed E-state index contributed by atoms with van der Waals surface area (Å²) in [6.07, 6.45) is 1.96. The van der Waals surface area contributed by atoms with Gasteiger partial charge in [-0.15, -0.1) is 11.3 Å². The Labute approximate surface area is 193 Å². The number of nitrogens with one attached hydrogen (secondary N) is 1. The molecule has 1 fully saturated rings. The molecular weight excluding hydrogens is 419 g/mol. The average Bonchev–Trinajstić information content (AvgIpc) is 3.22. The van der Waals surface area contributed by atoms with Gasteiger partial charge in [0.05, 0.1) is 0 Å². The summed E-state index contributed by atoms with van der Waals surface area (Å²) in [4.78, 5) is 16.0. The maximum absolute atomic E-state index is 13.5. The van der Waals surface area contributed by atoms with Gasteiger partial charge < -0.3 is 10.2 Å². The fourth-order valence-corrected chi connectivity index (χ4v) is 5.15. The highest BCUT2D eigenvalue weighted by Crippen LogP contribution is 2.35. The van der Waals surface area contributed by atoms with E-state index in [9.17, 15) is 9.18 Å². The van der Waals surface area contributed by atoms with E-state index in [0.717, 1.165) is 43.6 Å². The van der Waals surface area contributed by atoms with Gasteiger partial charge in [-0.2, -0.15) is 0 Å². The lowest BCUT2D eigenvalue weighted by molar-refractivity contribution is 0.0947. The number of hydrogen-bond donors (Lipinski definition) is 1. The number of amides is 1. The number of benzene rings is 2. The molecule has 1 aromatic heterocycles. The summed E-state index contributed by atoms with van der Waals surface area (Å²) in [7, 11) is 0. The summed E-state index contributed by atoms with van der Waals surface area (Å²) in [6, 6.07) is 16.7. The van der Waals surface area contributed by atoms with E-state index in [0.29, 0.717) is 12.1 Å². The molecule has 32 heavy (non-hydrogen) atoms. The van der Waals surface area contributed by atoms with E-state index in [2.05, 4.69) is 28.6 Å². The lowest BCUT2D eigenvalue weighted by Gasteiger charge is -2.30. The Balaban J connectivity index is 1.38. The predicted octanol–water partition coefficient (Wildman–Crippen LogP) is 5.83. The van der Waals surface area contributed by atoms with Gasteiger partial charge in [0.2, 0.25) is 0 Å². The maximum Gasteiger partial charge on any atom is 0.251 e. The smallest absolute Gasteiger partial charge is 0.251 e. The Morgan fingerprint density at radius 1 is 0.969 bits per heavy atom. The van der Waals surface area contributed by atoms with E-state index >= 15 is 0 Å². The summed E-state index contributed by atoms with van der Waals surface area (Å²) >= 11 is 1.75. The van der Waals surface area contributed by atoms with Gasteiger partial charge in [-0.25, -0.2) is 4.39 Å². The van der Waals surface area contributed by atoms with Crippen LogP contribution in [0, 0.1) is 19.7 Å². The first-order valence-electron chi connectivity index (χ1n) is 11.1. The van der Waals surface area contributed by atoms with Crippen molar-refractivity contribution < 1.29 is 9.18 Å². The van der Waals surface area contributed by atoms with Crippen molar-refractivity contribution in [1.29, 1.82) is 0 Å². The van der Waals surface area contributed by atoms with Crippen LogP contribution >= 0.6 is 11.3 Å². The third-order valence-corrected chi connectivity index (χ3v) is 7.02. The summed E-state index contributed by atoms with van der Waals surface area (Å²) in [6.45, 7) is 7.54.